The molecule has 124 valence electrons. The number of nitrogens with zero attached hydrogens (tertiary/aromatic N) is 2. The summed E-state index contributed by atoms with van der Waals surface area (Å²) in [4.78, 5) is 29.1. The van der Waals surface area contributed by atoms with Gasteiger partial charge in [0.15, 0.2) is 6.04 Å². The van der Waals surface area contributed by atoms with Crippen molar-refractivity contribution >= 4 is 17.6 Å². The Hall–Kier alpha value is -2.08. The summed E-state index contributed by atoms with van der Waals surface area (Å²) in [5.41, 5.74) is 2.57. The lowest BCUT2D eigenvalue weighted by molar-refractivity contribution is -0.915. The highest BCUT2D eigenvalue weighted by atomic mass is 16.2. The number of imide groups is 1. The third-order valence-electron chi connectivity index (χ3n) is 4.97. The van der Waals surface area contributed by atoms with E-state index in [0.29, 0.717) is 13.1 Å². The minimum Gasteiger partial charge on any atom is -0.360 e. The number of carbonyl (C=O) groups excluding carboxylic acids is 2. The molecule has 6 heteroatoms. The second-order valence-electron chi connectivity index (χ2n) is 6.38. The third kappa shape index (κ3) is 3.17. The van der Waals surface area contributed by atoms with Gasteiger partial charge >= 0.3 is 6.03 Å². The Morgan fingerprint density at radius 1 is 1.22 bits per heavy atom. The van der Waals surface area contributed by atoms with E-state index in [2.05, 4.69) is 41.4 Å². The Morgan fingerprint density at radius 3 is 2.52 bits per heavy atom. The van der Waals surface area contributed by atoms with E-state index in [4.69, 9.17) is 0 Å². The van der Waals surface area contributed by atoms with Crippen molar-refractivity contribution in [3.63, 3.8) is 0 Å². The van der Waals surface area contributed by atoms with Gasteiger partial charge in [0.2, 0.25) is 0 Å². The molecule has 2 saturated heterocycles. The van der Waals surface area contributed by atoms with Crippen molar-refractivity contribution in [2.45, 2.75) is 19.9 Å². The first-order valence-corrected chi connectivity index (χ1v) is 8.32. The number of nitrogens with one attached hydrogen (secondary N) is 2. The maximum Gasteiger partial charge on any atom is 0.324 e. The summed E-state index contributed by atoms with van der Waals surface area (Å²) in [5.74, 6) is -0.0562. The van der Waals surface area contributed by atoms with Gasteiger partial charge in [-0.15, -0.1) is 0 Å². The summed E-state index contributed by atoms with van der Waals surface area (Å²) in [6.45, 7) is 8.82. The number of hydrogen-bond donors (Lipinski definition) is 2. The fourth-order valence-corrected chi connectivity index (χ4v) is 3.48. The SMILES string of the molecule is Cc1ccccc1N1CC[NH+]([C@H](C)C(=O)N2CCNC2=O)CC1. The molecule has 0 saturated carbocycles. The zero-order chi connectivity index (χ0) is 16.4. The molecule has 6 nitrogen and oxygen atoms in total. The lowest BCUT2D eigenvalue weighted by Crippen LogP contribution is -3.19. The summed E-state index contributed by atoms with van der Waals surface area (Å²) in [6, 6.07) is 8.00. The van der Waals surface area contributed by atoms with Gasteiger partial charge < -0.3 is 15.1 Å². The molecular weight excluding hydrogens is 292 g/mol. The fourth-order valence-electron chi connectivity index (χ4n) is 3.48. The van der Waals surface area contributed by atoms with E-state index >= 15 is 0 Å². The van der Waals surface area contributed by atoms with Crippen LogP contribution in [0.25, 0.3) is 0 Å². The van der Waals surface area contributed by atoms with Gasteiger partial charge in [0, 0.05) is 18.8 Å². The first-order chi connectivity index (χ1) is 11.1. The summed E-state index contributed by atoms with van der Waals surface area (Å²) in [5, 5.41) is 2.69. The standard InChI is InChI=1S/C17H24N4O2/c1-13-5-3-4-6-15(13)20-11-9-19(10-12-20)14(2)16(22)21-8-7-18-17(21)23/h3-6,14H,7-12H2,1-2H3,(H,18,23)/p+1/t14-/m1/s1. The monoisotopic (exact) mass is 317 g/mol. The number of aryl methyl sites for hydroxylation is 1. The Morgan fingerprint density at radius 2 is 1.91 bits per heavy atom. The molecule has 2 aliphatic rings. The largest absolute Gasteiger partial charge is 0.360 e. The van der Waals surface area contributed by atoms with Crippen molar-refractivity contribution in [3.05, 3.63) is 29.8 Å². The molecule has 0 aromatic heterocycles. The van der Waals surface area contributed by atoms with E-state index in [1.165, 1.54) is 21.1 Å². The van der Waals surface area contributed by atoms with E-state index < -0.39 is 0 Å². The van der Waals surface area contributed by atoms with Crippen LogP contribution in [0.4, 0.5) is 10.5 Å². The first kappa shape index (κ1) is 15.8. The third-order valence-corrected chi connectivity index (χ3v) is 4.97. The van der Waals surface area contributed by atoms with Crippen molar-refractivity contribution in [2.24, 2.45) is 0 Å². The van der Waals surface area contributed by atoms with E-state index in [0.717, 1.165) is 26.2 Å². The number of quaternary nitrogens is 1. The van der Waals surface area contributed by atoms with Gasteiger partial charge in [-0.3, -0.25) is 9.69 Å². The Labute approximate surface area is 137 Å². The molecule has 0 aliphatic carbocycles. The molecule has 2 fully saturated rings. The van der Waals surface area contributed by atoms with E-state index in [9.17, 15) is 9.59 Å². The van der Waals surface area contributed by atoms with Gasteiger partial charge in [-0.05, 0) is 25.5 Å². The number of rotatable bonds is 3. The van der Waals surface area contributed by atoms with Crippen LogP contribution in [0.3, 0.4) is 0 Å². The molecule has 1 aromatic rings. The number of amides is 3. The smallest absolute Gasteiger partial charge is 0.324 e. The maximum atomic E-state index is 12.5. The Bertz CT molecular complexity index is 596. The zero-order valence-corrected chi connectivity index (χ0v) is 13.8. The van der Waals surface area contributed by atoms with Crippen LogP contribution in [0.15, 0.2) is 24.3 Å². The molecule has 23 heavy (non-hydrogen) atoms. The highest BCUT2D eigenvalue weighted by molar-refractivity contribution is 5.97. The zero-order valence-electron chi connectivity index (χ0n) is 13.8. The topological polar surface area (TPSA) is 57.1 Å². The van der Waals surface area contributed by atoms with E-state index in [1.807, 2.05) is 6.92 Å². The highest BCUT2D eigenvalue weighted by Crippen LogP contribution is 2.18. The van der Waals surface area contributed by atoms with Gasteiger partial charge in [-0.25, -0.2) is 4.79 Å². The molecule has 3 amide bonds. The number of carbonyl (C=O) groups is 2. The summed E-state index contributed by atoms with van der Waals surface area (Å²) < 4.78 is 0. The van der Waals surface area contributed by atoms with Crippen molar-refractivity contribution in [1.29, 1.82) is 0 Å². The van der Waals surface area contributed by atoms with Crippen molar-refractivity contribution in [2.75, 3.05) is 44.2 Å². The van der Waals surface area contributed by atoms with Gasteiger partial charge in [0.25, 0.3) is 5.91 Å². The Kier molecular flexibility index (Phi) is 4.52. The molecule has 0 radical (unpaired) electrons. The summed E-state index contributed by atoms with van der Waals surface area (Å²) in [7, 11) is 0. The van der Waals surface area contributed by atoms with Crippen molar-refractivity contribution in [3.8, 4) is 0 Å². The molecule has 2 heterocycles. The van der Waals surface area contributed by atoms with Crippen LogP contribution in [0, 0.1) is 6.92 Å². The predicted molar refractivity (Wildman–Crippen MR) is 88.7 cm³/mol. The molecule has 1 aromatic carbocycles. The lowest BCUT2D eigenvalue weighted by Gasteiger charge is -2.37. The van der Waals surface area contributed by atoms with Gasteiger partial charge in [-0.1, -0.05) is 18.2 Å². The predicted octanol–water partition coefficient (Wildman–Crippen LogP) is -0.360. The second-order valence-corrected chi connectivity index (χ2v) is 6.38. The van der Waals surface area contributed by atoms with Crippen LogP contribution in [0.2, 0.25) is 0 Å². The molecular formula is C17H25N4O2+. The fraction of sp³-hybridized carbons (Fsp3) is 0.529. The van der Waals surface area contributed by atoms with Crippen molar-refractivity contribution in [1.82, 2.24) is 10.2 Å². The lowest BCUT2D eigenvalue weighted by atomic mass is 10.1. The summed E-state index contributed by atoms with van der Waals surface area (Å²) in [6.07, 6.45) is 0. The average molecular weight is 317 g/mol. The second kappa shape index (κ2) is 6.58. The molecule has 3 rings (SSSR count). The van der Waals surface area contributed by atoms with Crippen LogP contribution in [0.1, 0.15) is 12.5 Å². The molecule has 1 atom stereocenters. The number of anilines is 1. The van der Waals surface area contributed by atoms with Crippen LogP contribution in [-0.2, 0) is 4.79 Å². The Balaban J connectivity index is 1.59. The normalized spacial score (nSPS) is 20.5. The number of urea groups is 1. The van der Waals surface area contributed by atoms with Gasteiger partial charge in [0.05, 0.1) is 26.2 Å². The quantitative estimate of drug-likeness (QED) is 0.800. The molecule has 0 bridgehead atoms. The summed E-state index contributed by atoms with van der Waals surface area (Å²) >= 11 is 0. The number of benzene rings is 1. The first-order valence-electron chi connectivity index (χ1n) is 8.32. The number of piperazine rings is 1. The van der Waals surface area contributed by atoms with Crippen molar-refractivity contribution < 1.29 is 14.5 Å². The minimum atomic E-state index is -0.250. The molecule has 2 N–H and O–H groups in total. The maximum absolute atomic E-state index is 12.5. The average Bonchev–Trinajstić information content (AvgIpc) is 3.00. The van der Waals surface area contributed by atoms with E-state index in [-0.39, 0.29) is 18.0 Å². The van der Waals surface area contributed by atoms with E-state index in [1.54, 1.807) is 0 Å². The van der Waals surface area contributed by atoms with Crippen LogP contribution in [-0.4, -0.2) is 62.1 Å². The van der Waals surface area contributed by atoms with Crippen LogP contribution < -0.4 is 15.1 Å². The van der Waals surface area contributed by atoms with Gasteiger partial charge in [-0.2, -0.15) is 0 Å². The molecule has 2 aliphatic heterocycles. The molecule has 0 unspecified atom stereocenters. The minimum absolute atomic E-state index is 0.0562. The van der Waals surface area contributed by atoms with Gasteiger partial charge in [0.1, 0.15) is 0 Å². The highest BCUT2D eigenvalue weighted by Gasteiger charge is 2.36. The van der Waals surface area contributed by atoms with Crippen LogP contribution >= 0.6 is 0 Å². The van der Waals surface area contributed by atoms with Crippen LogP contribution in [0.5, 0.6) is 0 Å². The number of para-hydroxylation sites is 1. The number of hydrogen-bond acceptors (Lipinski definition) is 3. The molecule has 0 spiro atoms.